The lowest BCUT2D eigenvalue weighted by Gasteiger charge is -1.99. The highest BCUT2D eigenvalue weighted by atomic mass is 32.1. The average molecular weight is 297 g/mol. The van der Waals surface area contributed by atoms with Crippen molar-refractivity contribution in [3.8, 4) is 11.3 Å². The van der Waals surface area contributed by atoms with E-state index < -0.39 is 11.1 Å². The van der Waals surface area contributed by atoms with Crippen LogP contribution in [0.5, 0.6) is 0 Å². The highest BCUT2D eigenvalue weighted by molar-refractivity contribution is 7.19. The molecule has 7 heteroatoms. The first-order valence-electron chi connectivity index (χ1n) is 5.75. The second-order valence-corrected chi connectivity index (χ2v) is 5.52. The average Bonchev–Trinajstić information content (AvgIpc) is 2.92. The summed E-state index contributed by atoms with van der Waals surface area (Å²) in [6.07, 6.45) is -4.31. The molecule has 0 unspecified atom stereocenters. The summed E-state index contributed by atoms with van der Waals surface area (Å²) in [4.78, 5) is -0.592. The summed E-state index contributed by atoms with van der Waals surface area (Å²) < 4.78 is 40.2. The zero-order chi connectivity index (χ0) is 14.5. The van der Waals surface area contributed by atoms with Crippen LogP contribution in [-0.4, -0.2) is 9.78 Å². The Balaban J connectivity index is 2.11. The molecule has 0 aliphatic rings. The van der Waals surface area contributed by atoms with E-state index in [1.54, 1.807) is 31.3 Å². The fraction of sp³-hybridized carbons (Fsp3) is 0.154. The lowest BCUT2D eigenvalue weighted by atomic mass is 10.1. The van der Waals surface area contributed by atoms with Crippen molar-refractivity contribution in [2.45, 2.75) is 6.18 Å². The predicted molar refractivity (Wildman–Crippen MR) is 73.4 cm³/mol. The molecule has 3 nitrogen and oxygen atoms in total. The van der Waals surface area contributed by atoms with E-state index in [2.05, 4.69) is 5.10 Å². The molecule has 0 aliphatic heterocycles. The van der Waals surface area contributed by atoms with Crippen LogP contribution >= 0.6 is 11.3 Å². The SMILES string of the molecule is Cn1nc(-c2ccc3sc(C(F)(F)F)cc3c2)cc1N. The Bertz CT molecular complexity index is 766. The Morgan fingerprint density at radius 1 is 1.20 bits per heavy atom. The van der Waals surface area contributed by atoms with Crippen LogP contribution in [0, 0.1) is 0 Å². The first-order valence-corrected chi connectivity index (χ1v) is 6.57. The van der Waals surface area contributed by atoms with Crippen LogP contribution in [0.1, 0.15) is 4.88 Å². The van der Waals surface area contributed by atoms with Crippen LogP contribution < -0.4 is 5.73 Å². The minimum Gasteiger partial charge on any atom is -0.384 e. The molecular weight excluding hydrogens is 287 g/mol. The van der Waals surface area contributed by atoms with Crippen molar-refractivity contribution in [1.29, 1.82) is 0 Å². The smallest absolute Gasteiger partial charge is 0.384 e. The molecule has 104 valence electrons. The van der Waals surface area contributed by atoms with Gasteiger partial charge in [-0.15, -0.1) is 11.3 Å². The van der Waals surface area contributed by atoms with Crippen molar-refractivity contribution in [2.75, 3.05) is 5.73 Å². The number of nitrogens with two attached hydrogens (primary N) is 1. The topological polar surface area (TPSA) is 43.8 Å². The number of anilines is 1. The summed E-state index contributed by atoms with van der Waals surface area (Å²) in [6, 6.07) is 7.98. The number of nitrogens with zero attached hydrogens (tertiary/aromatic N) is 2. The first-order chi connectivity index (χ1) is 9.34. The highest BCUT2D eigenvalue weighted by Gasteiger charge is 2.32. The number of fused-ring (bicyclic) bond motifs is 1. The van der Waals surface area contributed by atoms with Crippen LogP contribution in [0.3, 0.4) is 0 Å². The Morgan fingerprint density at radius 2 is 1.95 bits per heavy atom. The maximum atomic E-state index is 12.7. The number of aryl methyl sites for hydroxylation is 1. The number of hydrogen-bond donors (Lipinski definition) is 1. The van der Waals surface area contributed by atoms with E-state index >= 15 is 0 Å². The predicted octanol–water partition coefficient (Wildman–Crippen LogP) is 3.90. The fourth-order valence-corrected chi connectivity index (χ4v) is 2.88. The third-order valence-electron chi connectivity index (χ3n) is 3.01. The molecule has 0 fully saturated rings. The fourth-order valence-electron chi connectivity index (χ4n) is 1.97. The normalized spacial score (nSPS) is 12.2. The number of aromatic nitrogens is 2. The number of thiophene rings is 1. The molecule has 1 aromatic carbocycles. The molecule has 0 spiro atoms. The molecule has 0 saturated heterocycles. The maximum absolute atomic E-state index is 12.7. The highest BCUT2D eigenvalue weighted by Crippen LogP contribution is 2.39. The molecule has 0 radical (unpaired) electrons. The number of benzene rings is 1. The molecule has 2 N–H and O–H groups in total. The number of alkyl halides is 3. The van der Waals surface area contributed by atoms with Crippen molar-refractivity contribution in [1.82, 2.24) is 9.78 Å². The summed E-state index contributed by atoms with van der Waals surface area (Å²) in [6.45, 7) is 0. The zero-order valence-corrected chi connectivity index (χ0v) is 11.2. The van der Waals surface area contributed by atoms with Crippen molar-refractivity contribution in [3.63, 3.8) is 0 Å². The maximum Gasteiger partial charge on any atom is 0.425 e. The summed E-state index contributed by atoms with van der Waals surface area (Å²) in [5, 5.41) is 4.77. The van der Waals surface area contributed by atoms with Gasteiger partial charge in [0.2, 0.25) is 0 Å². The van der Waals surface area contributed by atoms with Crippen LogP contribution in [0.25, 0.3) is 21.3 Å². The molecule has 3 aromatic rings. The summed E-state index contributed by atoms with van der Waals surface area (Å²) >= 11 is 0.741. The molecule has 0 atom stereocenters. The van der Waals surface area contributed by atoms with E-state index in [-0.39, 0.29) is 0 Å². The minimum atomic E-state index is -4.31. The standard InChI is InChI=1S/C13H10F3N3S/c1-19-12(17)6-9(18-19)7-2-3-10-8(4-7)5-11(20-10)13(14,15)16/h2-6H,17H2,1H3. The molecule has 20 heavy (non-hydrogen) atoms. The van der Waals surface area contributed by atoms with Gasteiger partial charge in [-0.2, -0.15) is 18.3 Å². The Hall–Kier alpha value is -2.02. The van der Waals surface area contributed by atoms with Crippen LogP contribution in [0.15, 0.2) is 30.3 Å². The van der Waals surface area contributed by atoms with Crippen LogP contribution in [0.4, 0.5) is 19.0 Å². The molecule has 0 amide bonds. The number of hydrogen-bond acceptors (Lipinski definition) is 3. The van der Waals surface area contributed by atoms with E-state index in [0.717, 1.165) is 23.0 Å². The lowest BCUT2D eigenvalue weighted by molar-refractivity contribution is -0.134. The molecule has 2 heterocycles. The Kier molecular flexibility index (Phi) is 2.75. The van der Waals surface area contributed by atoms with Gasteiger partial charge in [-0.3, -0.25) is 4.68 Å². The zero-order valence-electron chi connectivity index (χ0n) is 10.4. The van der Waals surface area contributed by atoms with E-state index in [9.17, 15) is 13.2 Å². The largest absolute Gasteiger partial charge is 0.425 e. The molecule has 0 aliphatic carbocycles. The molecular formula is C13H10F3N3S. The minimum absolute atomic E-state index is 0.501. The molecule has 0 bridgehead atoms. The van der Waals surface area contributed by atoms with E-state index in [4.69, 9.17) is 5.73 Å². The van der Waals surface area contributed by atoms with Crippen molar-refractivity contribution >= 4 is 27.2 Å². The van der Waals surface area contributed by atoms with Crippen molar-refractivity contribution < 1.29 is 13.2 Å². The Labute approximate surface area is 116 Å². The summed E-state index contributed by atoms with van der Waals surface area (Å²) in [5.41, 5.74) is 7.10. The second-order valence-electron chi connectivity index (χ2n) is 4.44. The summed E-state index contributed by atoms with van der Waals surface area (Å²) in [5.74, 6) is 0.501. The molecule has 2 aromatic heterocycles. The van der Waals surface area contributed by atoms with Crippen molar-refractivity contribution in [3.05, 3.63) is 35.2 Å². The van der Waals surface area contributed by atoms with Crippen LogP contribution in [-0.2, 0) is 13.2 Å². The van der Waals surface area contributed by atoms with Gasteiger partial charge in [0.05, 0.1) is 5.69 Å². The van der Waals surface area contributed by atoms with Gasteiger partial charge in [0.15, 0.2) is 0 Å². The van der Waals surface area contributed by atoms with Gasteiger partial charge in [-0.1, -0.05) is 6.07 Å². The van der Waals surface area contributed by atoms with Gasteiger partial charge in [-0.05, 0) is 23.6 Å². The number of halogens is 3. The van der Waals surface area contributed by atoms with Gasteiger partial charge in [0.25, 0.3) is 0 Å². The number of nitrogen functional groups attached to an aromatic ring is 1. The van der Waals surface area contributed by atoms with E-state index in [0.29, 0.717) is 21.6 Å². The third kappa shape index (κ3) is 2.14. The van der Waals surface area contributed by atoms with Gasteiger partial charge < -0.3 is 5.73 Å². The quantitative estimate of drug-likeness (QED) is 0.740. The van der Waals surface area contributed by atoms with Crippen molar-refractivity contribution in [2.24, 2.45) is 7.05 Å². The summed E-state index contributed by atoms with van der Waals surface area (Å²) in [7, 11) is 1.71. The van der Waals surface area contributed by atoms with Gasteiger partial charge in [0.1, 0.15) is 10.7 Å². The number of rotatable bonds is 1. The molecule has 3 rings (SSSR count). The van der Waals surface area contributed by atoms with Gasteiger partial charge in [-0.25, -0.2) is 0 Å². The van der Waals surface area contributed by atoms with Crippen LogP contribution in [0.2, 0.25) is 0 Å². The first kappa shape index (κ1) is 13.0. The van der Waals surface area contributed by atoms with E-state index in [1.807, 2.05) is 0 Å². The third-order valence-corrected chi connectivity index (χ3v) is 4.17. The second kappa shape index (κ2) is 4.24. The Morgan fingerprint density at radius 3 is 2.55 bits per heavy atom. The van der Waals surface area contributed by atoms with Gasteiger partial charge >= 0.3 is 6.18 Å². The molecule has 0 saturated carbocycles. The lowest BCUT2D eigenvalue weighted by Crippen LogP contribution is -2.00. The van der Waals surface area contributed by atoms with Gasteiger partial charge in [0, 0.05) is 23.4 Å². The monoisotopic (exact) mass is 297 g/mol. The van der Waals surface area contributed by atoms with E-state index in [1.165, 1.54) is 4.68 Å².